The molecule has 0 spiro atoms. The third kappa shape index (κ3) is 0.733. The molecule has 4 nitrogen and oxygen atoms in total. The number of nitrogens with one attached hydrogen (secondary N) is 3. The van der Waals surface area contributed by atoms with Crippen LogP contribution < -0.4 is 21.9 Å². The summed E-state index contributed by atoms with van der Waals surface area (Å²) in [7, 11) is 0. The molecule has 0 amide bonds. The van der Waals surface area contributed by atoms with Crippen LogP contribution in [0.4, 0.5) is 0 Å². The van der Waals surface area contributed by atoms with Gasteiger partial charge in [0.15, 0.2) is 0 Å². The number of fused-ring (bicyclic) bond motifs is 1. The third-order valence-corrected chi connectivity index (χ3v) is 1.70. The minimum atomic E-state index is 0.338. The van der Waals surface area contributed by atoms with Crippen LogP contribution in [0.3, 0.4) is 0 Å². The maximum Gasteiger partial charge on any atom is 0.0966 e. The number of nitrogens with two attached hydrogens (primary N) is 1. The van der Waals surface area contributed by atoms with Gasteiger partial charge in [-0.15, -0.1) is 0 Å². The molecule has 0 radical (unpaired) electrons. The van der Waals surface area contributed by atoms with Crippen molar-refractivity contribution in [3.05, 3.63) is 23.7 Å². The van der Waals surface area contributed by atoms with E-state index in [1.807, 2.05) is 12.2 Å². The molecule has 2 heterocycles. The van der Waals surface area contributed by atoms with Crippen molar-refractivity contribution in [2.75, 3.05) is 6.54 Å². The summed E-state index contributed by atoms with van der Waals surface area (Å²) in [4.78, 5) is 0. The molecule has 1 unspecified atom stereocenters. The van der Waals surface area contributed by atoms with Crippen LogP contribution in [-0.4, -0.2) is 12.6 Å². The van der Waals surface area contributed by atoms with E-state index in [-0.39, 0.29) is 0 Å². The number of hydrogen-bond donors (Lipinski definition) is 4. The molecule has 0 aliphatic carbocycles. The van der Waals surface area contributed by atoms with Gasteiger partial charge in [0.25, 0.3) is 0 Å². The Bertz CT molecular complexity index is 206. The Kier molecular flexibility index (Phi) is 1.07. The van der Waals surface area contributed by atoms with Crippen molar-refractivity contribution in [3.63, 3.8) is 0 Å². The van der Waals surface area contributed by atoms with Crippen LogP contribution in [0, 0.1) is 0 Å². The zero-order chi connectivity index (χ0) is 6.97. The number of hydrogen-bond acceptors (Lipinski definition) is 4. The first kappa shape index (κ1) is 5.61. The lowest BCUT2D eigenvalue weighted by Crippen LogP contribution is -2.36. The molecule has 0 saturated carbocycles. The minimum Gasteiger partial charge on any atom is -0.386 e. The Morgan fingerprint density at radius 2 is 2.40 bits per heavy atom. The highest BCUT2D eigenvalue weighted by atomic mass is 15.4. The van der Waals surface area contributed by atoms with Crippen LogP contribution in [0.15, 0.2) is 23.7 Å². The van der Waals surface area contributed by atoms with Gasteiger partial charge in [0.1, 0.15) is 0 Å². The maximum absolute atomic E-state index is 5.54. The van der Waals surface area contributed by atoms with Crippen molar-refractivity contribution in [1.29, 1.82) is 0 Å². The van der Waals surface area contributed by atoms with E-state index in [4.69, 9.17) is 5.73 Å². The lowest BCUT2D eigenvalue weighted by molar-refractivity contribution is 0.651. The van der Waals surface area contributed by atoms with E-state index in [9.17, 15) is 0 Å². The first-order valence-electron chi connectivity index (χ1n) is 3.29. The zero-order valence-corrected chi connectivity index (χ0v) is 5.52. The van der Waals surface area contributed by atoms with E-state index in [1.54, 1.807) is 0 Å². The first-order valence-corrected chi connectivity index (χ1v) is 3.29. The summed E-state index contributed by atoms with van der Waals surface area (Å²) >= 11 is 0. The predicted octanol–water partition coefficient (Wildman–Crippen LogP) is -1.25. The minimum absolute atomic E-state index is 0.338. The highest BCUT2D eigenvalue weighted by Gasteiger charge is 2.21. The predicted molar refractivity (Wildman–Crippen MR) is 38.4 cm³/mol. The fraction of sp³-hybridized carbons (Fsp3) is 0.333. The molecule has 0 aromatic rings. The maximum atomic E-state index is 5.54. The Morgan fingerprint density at radius 1 is 1.50 bits per heavy atom. The van der Waals surface area contributed by atoms with Crippen LogP contribution in [0.5, 0.6) is 0 Å². The van der Waals surface area contributed by atoms with Crippen LogP contribution in [-0.2, 0) is 0 Å². The van der Waals surface area contributed by atoms with Gasteiger partial charge in [-0.25, -0.2) is 5.43 Å². The molecule has 2 rings (SSSR count). The molecular formula is C6H10N4. The highest BCUT2D eigenvalue weighted by molar-refractivity contribution is 5.27. The van der Waals surface area contributed by atoms with Gasteiger partial charge < -0.3 is 16.5 Å². The number of dihydropyridines is 1. The molecule has 10 heavy (non-hydrogen) atoms. The smallest absolute Gasteiger partial charge is 0.0966 e. The van der Waals surface area contributed by atoms with Gasteiger partial charge in [0.05, 0.1) is 11.9 Å². The molecule has 0 aromatic carbocycles. The molecule has 0 aromatic heterocycles. The monoisotopic (exact) mass is 138 g/mol. The lowest BCUT2D eigenvalue weighted by atomic mass is 10.2. The molecule has 1 saturated heterocycles. The standard InChI is InChI=1S/C6H10N4/c7-6-2-1-4-5(9-6)3-8-10-4/h1-2,5,8-10H,3,7H2. The second-order valence-corrected chi connectivity index (χ2v) is 2.45. The zero-order valence-electron chi connectivity index (χ0n) is 5.52. The van der Waals surface area contributed by atoms with Gasteiger partial charge in [-0.1, -0.05) is 0 Å². The van der Waals surface area contributed by atoms with E-state index in [0.717, 1.165) is 18.1 Å². The van der Waals surface area contributed by atoms with Crippen molar-refractivity contribution in [1.82, 2.24) is 16.2 Å². The van der Waals surface area contributed by atoms with Gasteiger partial charge in [0.2, 0.25) is 0 Å². The fourth-order valence-electron chi connectivity index (χ4n) is 1.17. The molecule has 2 aliphatic heterocycles. The van der Waals surface area contributed by atoms with E-state index in [2.05, 4.69) is 16.2 Å². The molecule has 4 heteroatoms. The molecule has 1 atom stereocenters. The summed E-state index contributed by atoms with van der Waals surface area (Å²) in [5.74, 6) is 0.735. The summed E-state index contributed by atoms with van der Waals surface area (Å²) in [6.07, 6.45) is 3.84. The third-order valence-electron chi connectivity index (χ3n) is 1.70. The van der Waals surface area contributed by atoms with E-state index < -0.39 is 0 Å². The van der Waals surface area contributed by atoms with Crippen LogP contribution in [0.25, 0.3) is 0 Å². The highest BCUT2D eigenvalue weighted by Crippen LogP contribution is 2.08. The summed E-state index contributed by atoms with van der Waals surface area (Å²) in [5, 5.41) is 3.12. The van der Waals surface area contributed by atoms with Gasteiger partial charge in [-0.3, -0.25) is 0 Å². The normalized spacial score (nSPS) is 29.4. The Labute approximate surface area is 59.1 Å². The summed E-state index contributed by atoms with van der Waals surface area (Å²) in [6, 6.07) is 0.338. The van der Waals surface area contributed by atoms with Crippen LogP contribution in [0.2, 0.25) is 0 Å². The van der Waals surface area contributed by atoms with Crippen molar-refractivity contribution < 1.29 is 0 Å². The molecule has 54 valence electrons. The Morgan fingerprint density at radius 3 is 3.30 bits per heavy atom. The van der Waals surface area contributed by atoms with Crippen molar-refractivity contribution >= 4 is 0 Å². The average Bonchev–Trinajstić information content (AvgIpc) is 2.33. The quantitative estimate of drug-likeness (QED) is 0.338. The Hall–Kier alpha value is -1.16. The van der Waals surface area contributed by atoms with Gasteiger partial charge in [-0.2, -0.15) is 0 Å². The largest absolute Gasteiger partial charge is 0.386 e. The van der Waals surface area contributed by atoms with Gasteiger partial charge in [-0.05, 0) is 12.2 Å². The van der Waals surface area contributed by atoms with Gasteiger partial charge >= 0.3 is 0 Å². The van der Waals surface area contributed by atoms with E-state index in [1.165, 1.54) is 0 Å². The Balaban J connectivity index is 2.22. The molecular weight excluding hydrogens is 128 g/mol. The lowest BCUT2D eigenvalue weighted by Gasteiger charge is -2.17. The number of hydrazine groups is 1. The van der Waals surface area contributed by atoms with Crippen LogP contribution >= 0.6 is 0 Å². The van der Waals surface area contributed by atoms with Crippen LogP contribution in [0.1, 0.15) is 0 Å². The SMILES string of the molecule is NC1=CC=C2NNCC2N1. The molecule has 2 aliphatic rings. The number of allylic oxidation sites excluding steroid dienone is 2. The summed E-state index contributed by atoms with van der Waals surface area (Å²) < 4.78 is 0. The molecule has 5 N–H and O–H groups in total. The average molecular weight is 138 g/mol. The number of rotatable bonds is 0. The topological polar surface area (TPSA) is 62.1 Å². The van der Waals surface area contributed by atoms with Gasteiger partial charge in [0, 0.05) is 12.2 Å². The molecule has 0 bridgehead atoms. The summed E-state index contributed by atoms with van der Waals surface area (Å²) in [6.45, 7) is 0.889. The fourth-order valence-corrected chi connectivity index (χ4v) is 1.17. The van der Waals surface area contributed by atoms with E-state index in [0.29, 0.717) is 6.04 Å². The summed E-state index contributed by atoms with van der Waals surface area (Å²) in [5.41, 5.74) is 12.7. The second kappa shape index (κ2) is 1.91. The molecule has 1 fully saturated rings. The van der Waals surface area contributed by atoms with E-state index >= 15 is 0 Å². The van der Waals surface area contributed by atoms with Crippen molar-refractivity contribution in [2.45, 2.75) is 6.04 Å². The second-order valence-electron chi connectivity index (χ2n) is 2.45. The van der Waals surface area contributed by atoms with Crippen molar-refractivity contribution in [3.8, 4) is 0 Å². The first-order chi connectivity index (χ1) is 4.86. The van der Waals surface area contributed by atoms with Crippen molar-refractivity contribution in [2.24, 2.45) is 5.73 Å².